The first-order valence-corrected chi connectivity index (χ1v) is 5.30. The standard InChI is InChI=1S/C11H6F3N3O3/c12-11(13,14)8-2-1-5(4-15-8)7-3-6(10(19)20)9(18)17-16-7/h2-4H,1H2,(H,19,20)/p+1. The van der Waals surface area contributed by atoms with E-state index in [0.29, 0.717) is 5.57 Å². The van der Waals surface area contributed by atoms with Gasteiger partial charge in [0.1, 0.15) is 5.57 Å². The van der Waals surface area contributed by atoms with Crippen molar-refractivity contribution in [2.75, 3.05) is 0 Å². The number of hydrogen-bond acceptors (Lipinski definition) is 3. The van der Waals surface area contributed by atoms with Gasteiger partial charge in [-0.2, -0.15) is 13.2 Å². The van der Waals surface area contributed by atoms with Crippen LogP contribution in [0.4, 0.5) is 13.2 Å². The lowest BCUT2D eigenvalue weighted by molar-refractivity contribution is -0.434. The molecule has 0 bridgehead atoms. The van der Waals surface area contributed by atoms with E-state index in [9.17, 15) is 22.8 Å². The van der Waals surface area contributed by atoms with Crippen LogP contribution in [0.3, 0.4) is 0 Å². The maximum absolute atomic E-state index is 12.4. The number of azo groups is 1. The Balaban J connectivity index is 2.32. The first-order chi connectivity index (χ1) is 9.29. The van der Waals surface area contributed by atoms with E-state index in [2.05, 4.69) is 15.2 Å². The van der Waals surface area contributed by atoms with Crippen molar-refractivity contribution in [3.8, 4) is 0 Å². The highest BCUT2D eigenvalue weighted by Gasteiger charge is 2.40. The lowest BCUT2D eigenvalue weighted by Gasteiger charge is -2.09. The van der Waals surface area contributed by atoms with E-state index in [-0.39, 0.29) is 12.1 Å². The Morgan fingerprint density at radius 1 is 1.35 bits per heavy atom. The molecule has 2 heterocycles. The summed E-state index contributed by atoms with van der Waals surface area (Å²) >= 11 is 0. The van der Waals surface area contributed by atoms with Crippen LogP contribution < -0.4 is 4.99 Å². The number of allylic oxidation sites excluding steroid dienone is 4. The number of nitrogens with zero attached hydrogens (tertiary/aromatic N) is 2. The largest absolute Gasteiger partial charge is 0.477 e. The summed E-state index contributed by atoms with van der Waals surface area (Å²) in [7, 11) is 0. The van der Waals surface area contributed by atoms with E-state index < -0.39 is 29.3 Å². The van der Waals surface area contributed by atoms with E-state index in [4.69, 9.17) is 5.11 Å². The van der Waals surface area contributed by atoms with Gasteiger partial charge in [0.15, 0.2) is 6.21 Å². The molecule has 2 rings (SSSR count). The van der Waals surface area contributed by atoms with Gasteiger partial charge in [0.2, 0.25) is 0 Å². The van der Waals surface area contributed by atoms with Gasteiger partial charge in [-0.25, -0.2) is 9.79 Å². The van der Waals surface area contributed by atoms with Gasteiger partial charge in [0, 0.05) is 12.0 Å². The van der Waals surface area contributed by atoms with E-state index in [1.54, 1.807) is 0 Å². The van der Waals surface area contributed by atoms with Gasteiger partial charge in [-0.3, -0.25) is 4.79 Å². The Kier molecular flexibility index (Phi) is 3.35. The Bertz CT molecular complexity index is 639. The van der Waals surface area contributed by atoms with Gasteiger partial charge in [0.05, 0.1) is 5.70 Å². The van der Waals surface area contributed by atoms with Crippen molar-refractivity contribution < 1.29 is 32.9 Å². The number of carboxylic acid groups (broad SMARTS) is 1. The number of alkyl halides is 3. The highest BCUT2D eigenvalue weighted by atomic mass is 19.4. The number of rotatable bonds is 1. The average Bonchev–Trinajstić information content (AvgIpc) is 2.38. The van der Waals surface area contributed by atoms with Crippen LogP contribution in [0.5, 0.6) is 0 Å². The monoisotopic (exact) mass is 286 g/mol. The van der Waals surface area contributed by atoms with E-state index in [0.717, 1.165) is 18.4 Å². The molecule has 6 nitrogen and oxygen atoms in total. The van der Waals surface area contributed by atoms with E-state index in [1.165, 1.54) is 0 Å². The third-order valence-corrected chi connectivity index (χ3v) is 2.55. The first-order valence-electron chi connectivity index (χ1n) is 5.30. The highest BCUT2D eigenvalue weighted by molar-refractivity contribution is 6.16. The van der Waals surface area contributed by atoms with Crippen molar-refractivity contribution in [3.05, 3.63) is 34.7 Å². The minimum atomic E-state index is -4.49. The quantitative estimate of drug-likeness (QED) is 0.676. The highest BCUT2D eigenvalue weighted by Crippen LogP contribution is 2.24. The zero-order valence-corrected chi connectivity index (χ0v) is 9.73. The van der Waals surface area contributed by atoms with Gasteiger partial charge in [-0.05, 0) is 12.2 Å². The van der Waals surface area contributed by atoms with Gasteiger partial charge in [-0.1, -0.05) is 0 Å². The van der Waals surface area contributed by atoms with Crippen LogP contribution in [0, 0.1) is 0 Å². The summed E-state index contributed by atoms with van der Waals surface area (Å²) in [4.78, 5) is 24.0. The summed E-state index contributed by atoms with van der Waals surface area (Å²) in [5, 5.41) is 15.4. The van der Waals surface area contributed by atoms with Gasteiger partial charge < -0.3 is 5.11 Å². The molecule has 0 aromatic rings. The number of amides is 1. The van der Waals surface area contributed by atoms with Crippen molar-refractivity contribution in [2.45, 2.75) is 12.6 Å². The fourth-order valence-electron chi connectivity index (χ4n) is 1.56. The number of aliphatic carboxylic acids is 1. The average molecular weight is 286 g/mol. The molecule has 0 unspecified atom stereocenters. The molecule has 0 fully saturated rings. The van der Waals surface area contributed by atoms with Crippen LogP contribution >= 0.6 is 0 Å². The molecule has 0 radical (unpaired) electrons. The third kappa shape index (κ3) is 2.71. The zero-order chi connectivity index (χ0) is 14.9. The summed E-state index contributed by atoms with van der Waals surface area (Å²) in [5.41, 5.74) is -1.16. The number of carbonyl (C=O) groups is 2. The number of nitrogens with one attached hydrogen (secondary N) is 1. The van der Waals surface area contributed by atoms with Crippen LogP contribution in [0.25, 0.3) is 0 Å². The molecule has 1 amide bonds. The first kappa shape index (κ1) is 13.8. The van der Waals surface area contributed by atoms with Crippen molar-refractivity contribution in [1.29, 1.82) is 0 Å². The number of carbonyl (C=O) groups excluding carboxylic acids is 1. The fourth-order valence-corrected chi connectivity index (χ4v) is 1.56. The number of hydrogen-bond donors (Lipinski definition) is 2. The van der Waals surface area contributed by atoms with E-state index in [1.807, 2.05) is 0 Å². The molecule has 0 saturated carbocycles. The van der Waals surface area contributed by atoms with Gasteiger partial charge in [-0.15, -0.1) is 10.2 Å². The minimum absolute atomic E-state index is 0.0342. The summed E-state index contributed by atoms with van der Waals surface area (Å²) in [6.45, 7) is 0. The second-order valence-electron chi connectivity index (χ2n) is 3.89. The normalized spacial score (nSPS) is 22.6. The topological polar surface area (TPSA) is 93.1 Å². The predicted octanol–water partition coefficient (Wildman–Crippen LogP) is 0.245. The molecular weight excluding hydrogens is 279 g/mol. The number of halogens is 3. The molecule has 0 atom stereocenters. The molecule has 0 spiro atoms. The minimum Gasteiger partial charge on any atom is -0.477 e. The van der Waals surface area contributed by atoms with Crippen LogP contribution in [0.2, 0.25) is 0 Å². The maximum Gasteiger partial charge on any atom is 0.477 e. The lowest BCUT2D eigenvalue weighted by Crippen LogP contribution is -2.71. The van der Waals surface area contributed by atoms with Crippen molar-refractivity contribution in [3.63, 3.8) is 0 Å². The molecule has 2 aliphatic rings. The van der Waals surface area contributed by atoms with Crippen LogP contribution in [-0.4, -0.2) is 29.4 Å². The van der Waals surface area contributed by atoms with Crippen LogP contribution in [-0.2, 0) is 9.59 Å². The van der Waals surface area contributed by atoms with Gasteiger partial charge >= 0.3 is 18.1 Å². The molecule has 2 aliphatic heterocycles. The SMILES string of the molecule is O=C(O)C1=CC(=C2C=[NH+]C(C(F)(F)F)=CC2)N=NC1=O. The molecule has 0 aromatic heterocycles. The maximum atomic E-state index is 12.4. The molecule has 104 valence electrons. The molecule has 2 N–H and O–H groups in total. The zero-order valence-electron chi connectivity index (χ0n) is 9.73. The predicted molar refractivity (Wildman–Crippen MR) is 58.4 cm³/mol. The molecule has 9 heteroatoms. The van der Waals surface area contributed by atoms with Crippen LogP contribution in [0.15, 0.2) is 44.9 Å². The Labute approximate surface area is 109 Å². The van der Waals surface area contributed by atoms with E-state index >= 15 is 0 Å². The molecule has 0 saturated heterocycles. The Hall–Kier alpha value is -2.58. The molecular formula is C11H7F3N3O3+. The van der Waals surface area contributed by atoms with Gasteiger partial charge in [0.25, 0.3) is 5.70 Å². The summed E-state index contributed by atoms with van der Waals surface area (Å²) in [6, 6.07) is 0. The molecule has 0 aliphatic carbocycles. The summed E-state index contributed by atoms with van der Waals surface area (Å²) < 4.78 is 37.2. The van der Waals surface area contributed by atoms with Crippen molar-refractivity contribution >= 4 is 18.1 Å². The Morgan fingerprint density at radius 2 is 2.05 bits per heavy atom. The molecule has 20 heavy (non-hydrogen) atoms. The second-order valence-corrected chi connectivity index (χ2v) is 3.89. The summed E-state index contributed by atoms with van der Waals surface area (Å²) in [5.74, 6) is -2.47. The second kappa shape index (κ2) is 4.83. The fraction of sp³-hybridized carbons (Fsp3) is 0.182. The molecule has 0 aromatic carbocycles. The summed E-state index contributed by atoms with van der Waals surface area (Å²) in [6.07, 6.45) is -1.64. The smallest absolute Gasteiger partial charge is 0.477 e. The number of carboxylic acids is 1. The van der Waals surface area contributed by atoms with Crippen LogP contribution in [0.1, 0.15) is 6.42 Å². The lowest BCUT2D eigenvalue weighted by atomic mass is 10.1. The van der Waals surface area contributed by atoms with Crippen molar-refractivity contribution in [2.24, 2.45) is 10.2 Å². The Morgan fingerprint density at radius 3 is 2.55 bits per heavy atom. The van der Waals surface area contributed by atoms with Crippen molar-refractivity contribution in [1.82, 2.24) is 0 Å². The third-order valence-electron chi connectivity index (χ3n) is 2.55.